The van der Waals surface area contributed by atoms with E-state index in [4.69, 9.17) is 26.3 Å². The van der Waals surface area contributed by atoms with E-state index in [2.05, 4.69) is 4.98 Å². The maximum absolute atomic E-state index is 12.1. The molecule has 3 rings (SSSR count). The molecule has 32 heavy (non-hydrogen) atoms. The number of rotatable bonds is 7. The molecule has 8 nitrogen and oxygen atoms in total. The third kappa shape index (κ3) is 5.75. The zero-order valence-corrected chi connectivity index (χ0v) is 18.7. The van der Waals surface area contributed by atoms with Gasteiger partial charge in [-0.15, -0.1) is 0 Å². The van der Waals surface area contributed by atoms with Gasteiger partial charge in [-0.2, -0.15) is 5.26 Å². The summed E-state index contributed by atoms with van der Waals surface area (Å²) in [4.78, 5) is 16.5. The van der Waals surface area contributed by atoms with Gasteiger partial charge in [0.1, 0.15) is 18.1 Å². The SMILES string of the molecule is COc1cc(C(=O)NS(C)(=O)=O)ccc1-c1cnc(COc2ccc(C#N)cc2)c(Cl)c1. The zero-order valence-electron chi connectivity index (χ0n) is 17.1. The fraction of sp³-hybridized carbons (Fsp3) is 0.136. The van der Waals surface area contributed by atoms with Gasteiger partial charge >= 0.3 is 0 Å². The van der Waals surface area contributed by atoms with Gasteiger partial charge in [0.2, 0.25) is 10.0 Å². The van der Waals surface area contributed by atoms with Crippen molar-refractivity contribution in [3.05, 3.63) is 76.6 Å². The Balaban J connectivity index is 1.80. The summed E-state index contributed by atoms with van der Waals surface area (Å²) in [6.45, 7) is 0.132. The second kappa shape index (κ2) is 9.68. The molecule has 0 unspecified atom stereocenters. The van der Waals surface area contributed by atoms with Crippen LogP contribution in [-0.4, -0.2) is 32.7 Å². The molecule has 0 spiro atoms. The van der Waals surface area contributed by atoms with Crippen LogP contribution in [0, 0.1) is 11.3 Å². The van der Waals surface area contributed by atoms with Gasteiger partial charge in [-0.05, 0) is 48.5 Å². The molecule has 3 aromatic rings. The minimum absolute atomic E-state index is 0.127. The maximum atomic E-state index is 12.1. The molecular weight excluding hydrogens is 454 g/mol. The van der Waals surface area contributed by atoms with Crippen molar-refractivity contribution in [2.24, 2.45) is 0 Å². The number of pyridine rings is 1. The van der Waals surface area contributed by atoms with Crippen LogP contribution in [0.25, 0.3) is 11.1 Å². The van der Waals surface area contributed by atoms with E-state index in [9.17, 15) is 13.2 Å². The predicted octanol–water partition coefficient (Wildman–Crippen LogP) is 3.55. The summed E-state index contributed by atoms with van der Waals surface area (Å²) in [5.74, 6) is 0.171. The molecule has 1 aromatic heterocycles. The quantitative estimate of drug-likeness (QED) is 0.559. The molecular formula is C22H18ClN3O5S. The molecule has 0 radical (unpaired) electrons. The highest BCUT2D eigenvalue weighted by molar-refractivity contribution is 7.89. The lowest BCUT2D eigenvalue weighted by molar-refractivity contribution is 0.0981. The number of aromatic nitrogens is 1. The van der Waals surface area contributed by atoms with Gasteiger partial charge in [0.15, 0.2) is 0 Å². The third-order valence-corrected chi connectivity index (χ3v) is 5.21. The second-order valence-corrected chi connectivity index (χ2v) is 8.85. The average Bonchev–Trinajstić information content (AvgIpc) is 2.77. The van der Waals surface area contributed by atoms with Crippen molar-refractivity contribution in [2.75, 3.05) is 13.4 Å². The Kier molecular flexibility index (Phi) is 6.98. The van der Waals surface area contributed by atoms with E-state index in [-0.39, 0.29) is 12.2 Å². The summed E-state index contributed by atoms with van der Waals surface area (Å²) in [5, 5.41) is 9.22. The van der Waals surface area contributed by atoms with Crippen LogP contribution in [0.1, 0.15) is 21.6 Å². The summed E-state index contributed by atoms with van der Waals surface area (Å²) in [6, 6.07) is 15.0. The van der Waals surface area contributed by atoms with E-state index in [1.165, 1.54) is 19.2 Å². The van der Waals surface area contributed by atoms with E-state index in [0.717, 1.165) is 6.26 Å². The molecule has 1 heterocycles. The molecule has 10 heteroatoms. The smallest absolute Gasteiger partial charge is 0.264 e. The summed E-state index contributed by atoms with van der Waals surface area (Å²) >= 11 is 6.39. The average molecular weight is 472 g/mol. The van der Waals surface area contributed by atoms with Crippen molar-refractivity contribution in [1.29, 1.82) is 5.26 Å². The van der Waals surface area contributed by atoms with Crippen molar-refractivity contribution >= 4 is 27.5 Å². The number of nitrogens with one attached hydrogen (secondary N) is 1. The molecule has 0 fully saturated rings. The molecule has 1 N–H and O–H groups in total. The predicted molar refractivity (Wildman–Crippen MR) is 119 cm³/mol. The van der Waals surface area contributed by atoms with Crippen LogP contribution in [0.5, 0.6) is 11.5 Å². The Morgan fingerprint density at radius 3 is 2.50 bits per heavy atom. The van der Waals surface area contributed by atoms with Gasteiger partial charge in [-0.25, -0.2) is 13.1 Å². The number of carbonyl (C=O) groups is 1. The van der Waals surface area contributed by atoms with E-state index in [1.807, 2.05) is 10.8 Å². The fourth-order valence-electron chi connectivity index (χ4n) is 2.80. The first-order valence-corrected chi connectivity index (χ1v) is 11.4. The molecule has 0 aliphatic heterocycles. The summed E-state index contributed by atoms with van der Waals surface area (Å²) in [5.41, 5.74) is 2.44. The summed E-state index contributed by atoms with van der Waals surface area (Å²) in [6.07, 6.45) is 2.49. The lowest BCUT2D eigenvalue weighted by Crippen LogP contribution is -2.29. The van der Waals surface area contributed by atoms with Crippen LogP contribution in [0.4, 0.5) is 0 Å². The molecule has 0 aliphatic carbocycles. The van der Waals surface area contributed by atoms with Crippen molar-refractivity contribution in [3.8, 4) is 28.7 Å². The van der Waals surface area contributed by atoms with Gasteiger partial charge in [0, 0.05) is 22.9 Å². The highest BCUT2D eigenvalue weighted by Gasteiger charge is 2.16. The number of nitriles is 1. The number of sulfonamides is 1. The number of benzene rings is 2. The largest absolute Gasteiger partial charge is 0.496 e. The van der Waals surface area contributed by atoms with Crippen LogP contribution in [0.2, 0.25) is 5.02 Å². The lowest BCUT2D eigenvalue weighted by atomic mass is 10.0. The highest BCUT2D eigenvalue weighted by atomic mass is 35.5. The van der Waals surface area contributed by atoms with Gasteiger partial charge < -0.3 is 9.47 Å². The number of ether oxygens (including phenoxy) is 2. The highest BCUT2D eigenvalue weighted by Crippen LogP contribution is 2.33. The summed E-state index contributed by atoms with van der Waals surface area (Å²) in [7, 11) is -2.25. The van der Waals surface area contributed by atoms with E-state index in [0.29, 0.717) is 38.9 Å². The van der Waals surface area contributed by atoms with Crippen LogP contribution in [0.15, 0.2) is 54.7 Å². The molecule has 0 atom stereocenters. The lowest BCUT2D eigenvalue weighted by Gasteiger charge is -2.12. The maximum Gasteiger partial charge on any atom is 0.264 e. The van der Waals surface area contributed by atoms with E-state index >= 15 is 0 Å². The zero-order chi connectivity index (χ0) is 23.3. The van der Waals surface area contributed by atoms with Crippen molar-refractivity contribution < 1.29 is 22.7 Å². The van der Waals surface area contributed by atoms with Crippen molar-refractivity contribution in [2.45, 2.75) is 6.61 Å². The molecule has 0 bridgehead atoms. The number of nitrogens with zero attached hydrogens (tertiary/aromatic N) is 2. The van der Waals surface area contributed by atoms with E-state index < -0.39 is 15.9 Å². The third-order valence-electron chi connectivity index (χ3n) is 4.33. The van der Waals surface area contributed by atoms with Gasteiger partial charge in [0.05, 0.1) is 35.7 Å². The Hall–Kier alpha value is -3.61. The molecule has 1 amide bonds. The minimum atomic E-state index is -3.69. The van der Waals surface area contributed by atoms with Gasteiger partial charge in [-0.1, -0.05) is 11.6 Å². The topological polar surface area (TPSA) is 118 Å². The molecule has 2 aromatic carbocycles. The van der Waals surface area contributed by atoms with Crippen LogP contribution in [0.3, 0.4) is 0 Å². The van der Waals surface area contributed by atoms with Crippen LogP contribution >= 0.6 is 11.6 Å². The van der Waals surface area contributed by atoms with Crippen LogP contribution in [-0.2, 0) is 16.6 Å². The molecule has 164 valence electrons. The number of carbonyl (C=O) groups excluding carboxylic acids is 1. The summed E-state index contributed by atoms with van der Waals surface area (Å²) < 4.78 is 35.5. The Morgan fingerprint density at radius 2 is 1.91 bits per heavy atom. The van der Waals surface area contributed by atoms with Crippen LogP contribution < -0.4 is 14.2 Å². The normalized spacial score (nSPS) is 10.8. The number of amides is 1. The Morgan fingerprint density at radius 1 is 1.19 bits per heavy atom. The monoisotopic (exact) mass is 471 g/mol. The fourth-order valence-corrected chi connectivity index (χ4v) is 3.47. The van der Waals surface area contributed by atoms with Crippen molar-refractivity contribution in [1.82, 2.24) is 9.71 Å². The Labute approximate surface area is 190 Å². The molecule has 0 saturated heterocycles. The number of hydrogen-bond acceptors (Lipinski definition) is 7. The first-order chi connectivity index (χ1) is 15.2. The van der Waals surface area contributed by atoms with E-state index in [1.54, 1.807) is 42.6 Å². The van der Waals surface area contributed by atoms with Gasteiger partial charge in [0.25, 0.3) is 5.91 Å². The number of hydrogen-bond donors (Lipinski definition) is 1. The Bertz CT molecular complexity index is 1300. The second-order valence-electron chi connectivity index (χ2n) is 6.70. The minimum Gasteiger partial charge on any atom is -0.496 e. The molecule has 0 aliphatic rings. The number of halogens is 1. The first kappa shape index (κ1) is 23.1. The standard InChI is InChI=1S/C22H18ClN3O5S/c1-30-21-10-15(22(27)26-32(2,28)29)5-8-18(21)16-9-19(23)20(25-12-16)13-31-17-6-3-14(11-24)4-7-17/h3-10,12H,13H2,1-2H3,(H,26,27). The first-order valence-electron chi connectivity index (χ1n) is 9.18. The van der Waals surface area contributed by atoms with Crippen molar-refractivity contribution in [3.63, 3.8) is 0 Å². The number of methoxy groups -OCH3 is 1. The van der Waals surface area contributed by atoms with Gasteiger partial charge in [-0.3, -0.25) is 9.78 Å². The molecule has 0 saturated carbocycles.